The van der Waals surface area contributed by atoms with Crippen molar-refractivity contribution in [1.29, 1.82) is 5.26 Å². The molecular formula is C18H18BrN5O4. The Morgan fingerprint density at radius 2 is 1.93 bits per heavy atom. The van der Waals surface area contributed by atoms with Crippen LogP contribution in [0.25, 0.3) is 0 Å². The molecule has 10 heteroatoms. The molecule has 0 saturated heterocycles. The molecule has 0 saturated carbocycles. The zero-order valence-electron chi connectivity index (χ0n) is 15.2. The molecule has 0 bridgehead atoms. The lowest BCUT2D eigenvalue weighted by Gasteiger charge is -2.28. The quantitative estimate of drug-likeness (QED) is 0.283. The lowest BCUT2D eigenvalue weighted by Crippen LogP contribution is -2.39. The molecule has 0 fully saturated rings. The second-order valence-electron chi connectivity index (χ2n) is 5.96. The third-order valence-electron chi connectivity index (χ3n) is 3.95. The van der Waals surface area contributed by atoms with E-state index in [4.69, 9.17) is 0 Å². The Balaban J connectivity index is 2.34. The van der Waals surface area contributed by atoms with Crippen molar-refractivity contribution >= 4 is 33.0 Å². The Hall–Kier alpha value is -2.71. The summed E-state index contributed by atoms with van der Waals surface area (Å²) in [5, 5.41) is 48.0. The molecule has 0 aliphatic rings. The third-order valence-corrected chi connectivity index (χ3v) is 4.75. The first kappa shape index (κ1) is 21.6. The van der Waals surface area contributed by atoms with E-state index in [1.165, 1.54) is 36.9 Å². The van der Waals surface area contributed by atoms with E-state index in [9.17, 15) is 25.6 Å². The number of aliphatic hydroxyl groups is 2. The van der Waals surface area contributed by atoms with E-state index in [-0.39, 0.29) is 12.2 Å². The Morgan fingerprint density at radius 3 is 2.50 bits per heavy atom. The maximum absolute atomic E-state index is 10.8. The zero-order valence-corrected chi connectivity index (χ0v) is 16.7. The number of halogens is 1. The van der Waals surface area contributed by atoms with Gasteiger partial charge in [0.25, 0.3) is 5.69 Å². The van der Waals surface area contributed by atoms with Gasteiger partial charge < -0.3 is 10.2 Å². The predicted molar refractivity (Wildman–Crippen MR) is 105 cm³/mol. The maximum Gasteiger partial charge on any atom is 0.271 e. The van der Waals surface area contributed by atoms with Crippen LogP contribution in [-0.4, -0.2) is 32.5 Å². The minimum absolute atomic E-state index is 0.0973. The summed E-state index contributed by atoms with van der Waals surface area (Å²) < 4.78 is 0.401. The first-order valence-corrected chi connectivity index (χ1v) is 9.03. The van der Waals surface area contributed by atoms with Gasteiger partial charge in [0, 0.05) is 18.7 Å². The number of rotatable bonds is 7. The van der Waals surface area contributed by atoms with Gasteiger partial charge in [-0.25, -0.2) is 4.90 Å². The molecule has 2 aromatic rings. The SMILES string of the molecule is CC(O)N(Cc1ccc(N=Nc2cccc([N+](=O)[O-])c2)c(Br)c1C#N)C(C)O. The van der Waals surface area contributed by atoms with E-state index >= 15 is 0 Å². The van der Waals surface area contributed by atoms with Crippen molar-refractivity contribution in [3.05, 3.63) is 62.1 Å². The minimum Gasteiger partial charge on any atom is -0.379 e. The van der Waals surface area contributed by atoms with Gasteiger partial charge in [0.05, 0.1) is 20.6 Å². The molecule has 0 radical (unpaired) electrons. The lowest BCUT2D eigenvalue weighted by atomic mass is 10.1. The van der Waals surface area contributed by atoms with E-state index in [1.807, 2.05) is 0 Å². The van der Waals surface area contributed by atoms with Crippen LogP contribution in [0.2, 0.25) is 0 Å². The number of nitriles is 1. The largest absolute Gasteiger partial charge is 0.379 e. The normalized spacial score (nSPS) is 13.5. The molecule has 0 amide bonds. The monoisotopic (exact) mass is 447 g/mol. The summed E-state index contributed by atoms with van der Waals surface area (Å²) in [6, 6.07) is 11.1. The zero-order chi connectivity index (χ0) is 20.8. The highest BCUT2D eigenvalue weighted by Crippen LogP contribution is 2.33. The summed E-state index contributed by atoms with van der Waals surface area (Å²) in [6.07, 6.45) is -1.81. The molecule has 2 N–H and O–H groups in total. The fraction of sp³-hybridized carbons (Fsp3) is 0.278. The van der Waals surface area contributed by atoms with E-state index in [1.54, 1.807) is 18.2 Å². The van der Waals surface area contributed by atoms with E-state index in [0.29, 0.717) is 27.0 Å². The van der Waals surface area contributed by atoms with E-state index in [2.05, 4.69) is 32.2 Å². The van der Waals surface area contributed by atoms with Crippen molar-refractivity contribution in [3.63, 3.8) is 0 Å². The van der Waals surface area contributed by atoms with Gasteiger partial charge in [0.2, 0.25) is 0 Å². The number of hydrogen-bond donors (Lipinski definition) is 2. The van der Waals surface area contributed by atoms with Crippen LogP contribution < -0.4 is 0 Å². The summed E-state index contributed by atoms with van der Waals surface area (Å²) >= 11 is 3.34. The smallest absolute Gasteiger partial charge is 0.271 e. The average molecular weight is 448 g/mol. The summed E-state index contributed by atoms with van der Waals surface area (Å²) in [5.41, 5.74) is 1.46. The number of nitrogens with zero attached hydrogens (tertiary/aromatic N) is 5. The molecule has 0 spiro atoms. The van der Waals surface area contributed by atoms with Gasteiger partial charge in [-0.1, -0.05) is 12.1 Å². The molecule has 2 rings (SSSR count). The molecule has 0 aliphatic heterocycles. The van der Waals surface area contributed by atoms with Gasteiger partial charge in [0.15, 0.2) is 0 Å². The highest BCUT2D eigenvalue weighted by atomic mass is 79.9. The van der Waals surface area contributed by atoms with Crippen LogP contribution in [0.15, 0.2) is 51.1 Å². The molecule has 0 heterocycles. The van der Waals surface area contributed by atoms with Crippen molar-refractivity contribution in [2.24, 2.45) is 10.2 Å². The summed E-state index contributed by atoms with van der Waals surface area (Å²) in [6.45, 7) is 3.20. The van der Waals surface area contributed by atoms with Crippen molar-refractivity contribution in [3.8, 4) is 6.07 Å². The number of azo groups is 1. The van der Waals surface area contributed by atoms with Gasteiger partial charge in [0.1, 0.15) is 24.2 Å². The van der Waals surface area contributed by atoms with Crippen molar-refractivity contribution in [1.82, 2.24) is 4.90 Å². The molecule has 2 aromatic carbocycles. The van der Waals surface area contributed by atoms with Crippen molar-refractivity contribution < 1.29 is 15.1 Å². The lowest BCUT2D eigenvalue weighted by molar-refractivity contribution is -0.384. The highest BCUT2D eigenvalue weighted by Gasteiger charge is 2.20. The Bertz CT molecular complexity index is 932. The molecule has 0 aliphatic carbocycles. The number of non-ortho nitro benzene ring substituents is 1. The number of aliphatic hydroxyl groups excluding tert-OH is 2. The van der Waals surface area contributed by atoms with Crippen LogP contribution in [0.3, 0.4) is 0 Å². The first-order valence-electron chi connectivity index (χ1n) is 8.24. The first-order chi connectivity index (χ1) is 13.2. The second kappa shape index (κ2) is 9.48. The predicted octanol–water partition coefficient (Wildman–Crippen LogP) is 4.12. The maximum atomic E-state index is 10.8. The Morgan fingerprint density at radius 1 is 1.25 bits per heavy atom. The molecule has 2 atom stereocenters. The Labute approximate surface area is 169 Å². The average Bonchev–Trinajstić information content (AvgIpc) is 2.65. The van der Waals surface area contributed by atoms with Gasteiger partial charge in [-0.15, -0.1) is 5.11 Å². The van der Waals surface area contributed by atoms with Gasteiger partial charge in [-0.2, -0.15) is 10.4 Å². The third kappa shape index (κ3) is 5.17. The van der Waals surface area contributed by atoms with Gasteiger partial charge in [-0.3, -0.25) is 10.1 Å². The second-order valence-corrected chi connectivity index (χ2v) is 6.75. The number of hydrogen-bond acceptors (Lipinski definition) is 8. The van der Waals surface area contributed by atoms with Crippen molar-refractivity contribution in [2.45, 2.75) is 32.8 Å². The minimum atomic E-state index is -0.904. The van der Waals surface area contributed by atoms with Crippen LogP contribution in [0.4, 0.5) is 17.1 Å². The molecule has 9 nitrogen and oxygen atoms in total. The Kier molecular flexibility index (Phi) is 7.31. The van der Waals surface area contributed by atoms with Crippen LogP contribution in [0.1, 0.15) is 25.0 Å². The van der Waals surface area contributed by atoms with Crippen molar-refractivity contribution in [2.75, 3.05) is 0 Å². The summed E-state index contributed by atoms with van der Waals surface area (Å²) in [5.74, 6) is 0. The molecule has 28 heavy (non-hydrogen) atoms. The van der Waals surface area contributed by atoms with Gasteiger partial charge >= 0.3 is 0 Å². The van der Waals surface area contributed by atoms with Crippen LogP contribution in [-0.2, 0) is 6.54 Å². The van der Waals surface area contributed by atoms with Crippen LogP contribution in [0.5, 0.6) is 0 Å². The molecule has 0 aromatic heterocycles. The summed E-state index contributed by atoms with van der Waals surface area (Å²) in [4.78, 5) is 11.7. The highest BCUT2D eigenvalue weighted by molar-refractivity contribution is 9.10. The standard InChI is InChI=1S/C18H18BrN5O4/c1-11(25)23(12(2)26)10-13-6-7-17(18(19)16(13)9-20)22-21-14-4-3-5-15(8-14)24(27)28/h3-8,11-12,25-26H,10H2,1-2H3. The van der Waals surface area contributed by atoms with Gasteiger partial charge in [-0.05, 0) is 47.5 Å². The van der Waals surface area contributed by atoms with Crippen LogP contribution in [0, 0.1) is 21.4 Å². The summed E-state index contributed by atoms with van der Waals surface area (Å²) in [7, 11) is 0. The van der Waals surface area contributed by atoms with E-state index in [0.717, 1.165) is 0 Å². The molecule has 146 valence electrons. The number of nitro groups is 1. The fourth-order valence-electron chi connectivity index (χ4n) is 2.49. The fourth-order valence-corrected chi connectivity index (χ4v) is 3.04. The molecule has 2 unspecified atom stereocenters. The topological polar surface area (TPSA) is 135 Å². The molecular weight excluding hydrogens is 430 g/mol. The number of nitro benzene ring substituents is 1. The number of benzene rings is 2. The van der Waals surface area contributed by atoms with E-state index < -0.39 is 17.4 Å². The van der Waals surface area contributed by atoms with Crippen LogP contribution >= 0.6 is 15.9 Å².